The Morgan fingerprint density at radius 2 is 2.17 bits per heavy atom. The van der Waals surface area contributed by atoms with E-state index in [0.29, 0.717) is 43.7 Å². The number of nitrogens with zero attached hydrogens (tertiary/aromatic N) is 3. The van der Waals surface area contributed by atoms with Gasteiger partial charge in [-0.25, -0.2) is 9.07 Å². The van der Waals surface area contributed by atoms with Crippen LogP contribution in [0.25, 0.3) is 5.69 Å². The number of aromatic nitrogens is 2. The molecule has 1 aliphatic rings. The summed E-state index contributed by atoms with van der Waals surface area (Å²) in [5.41, 5.74) is 6.50. The number of rotatable bonds is 5. The van der Waals surface area contributed by atoms with Gasteiger partial charge in [-0.1, -0.05) is 0 Å². The normalized spacial score (nSPS) is 16.2. The average molecular weight is 426 g/mol. The summed E-state index contributed by atoms with van der Waals surface area (Å²) in [5, 5.41) is 17.2. The van der Waals surface area contributed by atoms with E-state index in [9.17, 15) is 19.1 Å². The number of piperidine rings is 1. The maximum atomic E-state index is 13.3. The van der Waals surface area contributed by atoms with Gasteiger partial charge >= 0.3 is 0 Å². The molecule has 0 spiro atoms. The van der Waals surface area contributed by atoms with Crippen molar-refractivity contribution in [2.75, 3.05) is 26.2 Å². The summed E-state index contributed by atoms with van der Waals surface area (Å²) in [6, 6.07) is 4.17. The van der Waals surface area contributed by atoms with Gasteiger partial charge < -0.3 is 21.1 Å². The van der Waals surface area contributed by atoms with Gasteiger partial charge in [-0.3, -0.25) is 9.59 Å². The van der Waals surface area contributed by atoms with Gasteiger partial charge in [0.25, 0.3) is 5.91 Å². The number of nitrogens with two attached hydrogens (primary N) is 1. The molecule has 1 aromatic heterocycles. The van der Waals surface area contributed by atoms with E-state index in [1.54, 1.807) is 6.92 Å². The standard InChI is InChI=1S/C19H24FN5O3.ClH/c1-12-9-14(20)4-5-15(12)25-11-16(26)17(23-25)19(28)24-8-2-3-13(10-24)18(27)22-7-6-21;/h4-5,9,11,13,26H,2-3,6-8,10,21H2,1H3,(H,22,27);1H. The third kappa shape index (κ3) is 5.04. The smallest absolute Gasteiger partial charge is 0.278 e. The van der Waals surface area contributed by atoms with Crippen molar-refractivity contribution in [1.82, 2.24) is 20.0 Å². The first-order valence-corrected chi connectivity index (χ1v) is 9.23. The van der Waals surface area contributed by atoms with E-state index in [0.717, 1.165) is 0 Å². The van der Waals surface area contributed by atoms with Gasteiger partial charge in [0.05, 0.1) is 17.8 Å². The topological polar surface area (TPSA) is 113 Å². The number of halogens is 2. The van der Waals surface area contributed by atoms with Gasteiger partial charge in [-0.05, 0) is 43.5 Å². The van der Waals surface area contributed by atoms with Crippen molar-refractivity contribution in [3.05, 3.63) is 41.5 Å². The monoisotopic (exact) mass is 425 g/mol. The molecule has 0 saturated carbocycles. The first-order chi connectivity index (χ1) is 13.4. The lowest BCUT2D eigenvalue weighted by Crippen LogP contribution is -2.46. The van der Waals surface area contributed by atoms with Gasteiger partial charge in [0.2, 0.25) is 5.91 Å². The second-order valence-electron chi connectivity index (χ2n) is 6.91. The minimum absolute atomic E-state index is 0. The Kier molecular flexibility index (Phi) is 7.58. The predicted molar refractivity (Wildman–Crippen MR) is 108 cm³/mol. The molecular formula is C19H25ClFN5O3. The van der Waals surface area contributed by atoms with Crippen molar-refractivity contribution in [1.29, 1.82) is 0 Å². The van der Waals surface area contributed by atoms with Crippen molar-refractivity contribution in [2.45, 2.75) is 19.8 Å². The third-order valence-corrected chi connectivity index (χ3v) is 4.83. The highest BCUT2D eigenvalue weighted by Gasteiger charge is 2.31. The molecular weight excluding hydrogens is 401 g/mol. The lowest BCUT2D eigenvalue weighted by Gasteiger charge is -2.31. The molecule has 1 unspecified atom stereocenters. The van der Waals surface area contributed by atoms with E-state index in [-0.39, 0.29) is 48.0 Å². The zero-order chi connectivity index (χ0) is 20.3. The fourth-order valence-electron chi connectivity index (χ4n) is 3.38. The van der Waals surface area contributed by atoms with Crippen molar-refractivity contribution in [3.63, 3.8) is 0 Å². The lowest BCUT2D eigenvalue weighted by atomic mass is 9.97. The van der Waals surface area contributed by atoms with Crippen molar-refractivity contribution in [2.24, 2.45) is 11.7 Å². The second kappa shape index (κ2) is 9.71. The van der Waals surface area contributed by atoms with Crippen molar-refractivity contribution in [3.8, 4) is 11.4 Å². The first kappa shape index (κ1) is 22.6. The second-order valence-corrected chi connectivity index (χ2v) is 6.91. The maximum Gasteiger partial charge on any atom is 0.278 e. The molecule has 10 heteroatoms. The van der Waals surface area contributed by atoms with Crippen LogP contribution in [0.5, 0.6) is 5.75 Å². The molecule has 1 fully saturated rings. The van der Waals surface area contributed by atoms with E-state index in [4.69, 9.17) is 5.73 Å². The molecule has 4 N–H and O–H groups in total. The Labute approximate surface area is 174 Å². The molecule has 3 rings (SSSR count). The number of amides is 2. The molecule has 0 radical (unpaired) electrons. The molecule has 0 bridgehead atoms. The minimum atomic E-state index is -0.438. The molecule has 1 atom stereocenters. The van der Waals surface area contributed by atoms with Crippen LogP contribution in [0.4, 0.5) is 4.39 Å². The Morgan fingerprint density at radius 3 is 2.86 bits per heavy atom. The number of carbonyl (C=O) groups is 2. The van der Waals surface area contributed by atoms with Gasteiger partial charge in [-0.2, -0.15) is 5.10 Å². The van der Waals surface area contributed by atoms with E-state index in [1.165, 1.54) is 34.0 Å². The largest absolute Gasteiger partial charge is 0.504 e. The summed E-state index contributed by atoms with van der Waals surface area (Å²) < 4.78 is 14.7. The number of likely N-dealkylation sites (tertiary alicyclic amines) is 1. The molecule has 1 aromatic carbocycles. The number of aryl methyl sites for hydroxylation is 1. The van der Waals surface area contributed by atoms with Gasteiger partial charge in [0.15, 0.2) is 11.4 Å². The molecule has 8 nitrogen and oxygen atoms in total. The highest BCUT2D eigenvalue weighted by atomic mass is 35.5. The van der Waals surface area contributed by atoms with E-state index < -0.39 is 5.91 Å². The summed E-state index contributed by atoms with van der Waals surface area (Å²) in [6.07, 6.45) is 2.70. The van der Waals surface area contributed by atoms with Crippen LogP contribution in [-0.2, 0) is 4.79 Å². The number of benzene rings is 1. The van der Waals surface area contributed by atoms with Crippen LogP contribution in [0.1, 0.15) is 28.9 Å². The van der Waals surface area contributed by atoms with Crippen LogP contribution >= 0.6 is 12.4 Å². The lowest BCUT2D eigenvalue weighted by molar-refractivity contribution is -0.126. The molecule has 2 heterocycles. The Balaban J connectivity index is 0.00000300. The molecule has 1 aliphatic heterocycles. The number of hydrogen-bond donors (Lipinski definition) is 3. The van der Waals surface area contributed by atoms with Crippen LogP contribution in [-0.4, -0.2) is 57.8 Å². The van der Waals surface area contributed by atoms with Gasteiger partial charge in [0, 0.05) is 26.2 Å². The molecule has 2 amide bonds. The molecule has 29 heavy (non-hydrogen) atoms. The summed E-state index contributed by atoms with van der Waals surface area (Å²) in [7, 11) is 0. The number of aromatic hydroxyl groups is 1. The molecule has 2 aromatic rings. The Bertz CT molecular complexity index is 889. The number of nitrogens with one attached hydrogen (secondary N) is 1. The fraction of sp³-hybridized carbons (Fsp3) is 0.421. The summed E-state index contributed by atoms with van der Waals surface area (Å²) >= 11 is 0. The maximum absolute atomic E-state index is 13.3. The molecule has 0 aliphatic carbocycles. The first-order valence-electron chi connectivity index (χ1n) is 9.23. The van der Waals surface area contributed by atoms with Crippen molar-refractivity contribution < 1.29 is 19.1 Å². The Hall–Kier alpha value is -2.65. The van der Waals surface area contributed by atoms with E-state index >= 15 is 0 Å². The van der Waals surface area contributed by atoms with E-state index in [1.807, 2.05) is 0 Å². The number of hydrogen-bond acceptors (Lipinski definition) is 5. The minimum Gasteiger partial charge on any atom is -0.504 e. The Morgan fingerprint density at radius 1 is 1.41 bits per heavy atom. The fourth-order valence-corrected chi connectivity index (χ4v) is 3.38. The van der Waals surface area contributed by atoms with Crippen LogP contribution in [0.15, 0.2) is 24.4 Å². The van der Waals surface area contributed by atoms with E-state index in [2.05, 4.69) is 10.4 Å². The highest BCUT2D eigenvalue weighted by Crippen LogP contribution is 2.24. The number of carbonyl (C=O) groups excluding carboxylic acids is 2. The quantitative estimate of drug-likeness (QED) is 0.669. The highest BCUT2D eigenvalue weighted by molar-refractivity contribution is 5.95. The average Bonchev–Trinajstić information content (AvgIpc) is 3.06. The van der Waals surface area contributed by atoms with Gasteiger partial charge in [0.1, 0.15) is 5.82 Å². The third-order valence-electron chi connectivity index (χ3n) is 4.83. The van der Waals surface area contributed by atoms with Crippen LogP contribution < -0.4 is 11.1 Å². The summed E-state index contributed by atoms with van der Waals surface area (Å²) in [6.45, 7) is 3.22. The zero-order valence-electron chi connectivity index (χ0n) is 16.1. The summed E-state index contributed by atoms with van der Waals surface area (Å²) in [5.74, 6) is -1.51. The molecule has 1 saturated heterocycles. The van der Waals surface area contributed by atoms with Crippen LogP contribution in [0.2, 0.25) is 0 Å². The van der Waals surface area contributed by atoms with Crippen molar-refractivity contribution >= 4 is 24.2 Å². The predicted octanol–water partition coefficient (Wildman–Crippen LogP) is 1.37. The van der Waals surface area contributed by atoms with Crippen LogP contribution in [0, 0.1) is 18.7 Å². The zero-order valence-corrected chi connectivity index (χ0v) is 16.9. The molecule has 158 valence electrons. The SMILES string of the molecule is Cc1cc(F)ccc1-n1cc(O)c(C(=O)N2CCCC(C(=O)NCCN)C2)n1.Cl. The summed E-state index contributed by atoms with van der Waals surface area (Å²) in [4.78, 5) is 26.6. The van der Waals surface area contributed by atoms with Gasteiger partial charge in [-0.15, -0.1) is 12.4 Å². The van der Waals surface area contributed by atoms with Crippen LogP contribution in [0.3, 0.4) is 0 Å².